The van der Waals surface area contributed by atoms with E-state index in [2.05, 4.69) is 15.6 Å². The molecule has 1 spiro atoms. The fraction of sp³-hybridized carbons (Fsp3) is 0.448. The van der Waals surface area contributed by atoms with Gasteiger partial charge in [-0.15, -0.1) is 0 Å². The number of hydrogen-bond donors (Lipinski definition) is 3. The fourth-order valence-corrected chi connectivity index (χ4v) is 6.25. The lowest BCUT2D eigenvalue weighted by Gasteiger charge is -2.50. The lowest BCUT2D eigenvalue weighted by Crippen LogP contribution is -2.60. The molecule has 2 aliphatic rings. The number of nitrogens with one attached hydrogen (secondary N) is 2. The number of carbonyl (C=O) groups excluding carboxylic acids is 2. The molecule has 0 saturated heterocycles. The van der Waals surface area contributed by atoms with E-state index in [4.69, 9.17) is 23.2 Å². The number of ketones is 1. The van der Waals surface area contributed by atoms with Gasteiger partial charge in [0.05, 0.1) is 21.0 Å². The molecule has 1 aromatic carbocycles. The third kappa shape index (κ3) is 5.19. The lowest BCUT2D eigenvalue weighted by molar-refractivity contribution is -0.145. The smallest absolute Gasteiger partial charge is 0.329 e. The number of aromatic nitrogens is 1. The van der Waals surface area contributed by atoms with Gasteiger partial charge in [-0.05, 0) is 43.4 Å². The minimum atomic E-state index is -1.26. The maximum atomic E-state index is 13.2. The summed E-state index contributed by atoms with van der Waals surface area (Å²) in [5.74, 6) is -1.22. The first-order valence-electron chi connectivity index (χ1n) is 13.2. The van der Waals surface area contributed by atoms with E-state index >= 15 is 0 Å². The highest BCUT2D eigenvalue weighted by Gasteiger charge is 2.55. The van der Waals surface area contributed by atoms with Gasteiger partial charge >= 0.3 is 5.97 Å². The maximum Gasteiger partial charge on any atom is 0.329 e. The average Bonchev–Trinajstić information content (AvgIpc) is 2.91. The van der Waals surface area contributed by atoms with E-state index in [1.54, 1.807) is 24.3 Å². The van der Waals surface area contributed by atoms with Crippen molar-refractivity contribution in [3.05, 3.63) is 69.1 Å². The van der Waals surface area contributed by atoms with Crippen LogP contribution in [-0.2, 0) is 16.0 Å². The number of nitrogens with zero attached hydrogens (tertiary/aromatic N) is 1. The second-order valence-electron chi connectivity index (χ2n) is 10.2. The second-order valence-corrected chi connectivity index (χ2v) is 11.1. The van der Waals surface area contributed by atoms with Gasteiger partial charge in [-0.2, -0.15) is 0 Å². The summed E-state index contributed by atoms with van der Waals surface area (Å²) in [4.78, 5) is 42.5. The minimum Gasteiger partial charge on any atom is -0.479 e. The van der Waals surface area contributed by atoms with E-state index in [0.29, 0.717) is 18.5 Å². The monoisotopic (exact) mass is 557 g/mol. The number of carboxylic acid groups (broad SMARTS) is 1. The van der Waals surface area contributed by atoms with Gasteiger partial charge in [-0.25, -0.2) is 4.79 Å². The first-order chi connectivity index (χ1) is 18.2. The summed E-state index contributed by atoms with van der Waals surface area (Å²) >= 11 is 12.2. The molecule has 202 valence electrons. The Morgan fingerprint density at radius 3 is 2.24 bits per heavy atom. The Morgan fingerprint density at radius 1 is 1.05 bits per heavy atom. The Hall–Kier alpha value is -2.90. The predicted octanol–water partition coefficient (Wildman–Crippen LogP) is 6.59. The molecule has 0 bridgehead atoms. The zero-order chi connectivity index (χ0) is 27.5. The Morgan fingerprint density at radius 2 is 1.68 bits per heavy atom. The summed E-state index contributed by atoms with van der Waals surface area (Å²) < 4.78 is 0. The standard InChI is InChI=1S/C29H33Cl2N3O4/c1-3-8-20-24(28(25(20)35)13-6-5-7-14-28)34-29(4-2,27(37)38)15-18-9-11-19(12-10-18)33-26(36)23-21(30)16-32-17-22(23)31/h9-12,16-17,34H,3-8,13-15H2,1-2H3,(H,33,36)(H,37,38)/t29-/m0/s1. The van der Waals surface area contributed by atoms with Gasteiger partial charge in [0.15, 0.2) is 5.78 Å². The van der Waals surface area contributed by atoms with Gasteiger partial charge in [0.25, 0.3) is 5.91 Å². The molecule has 0 radical (unpaired) electrons. The molecule has 1 saturated carbocycles. The molecule has 38 heavy (non-hydrogen) atoms. The molecule has 1 fully saturated rings. The molecule has 0 aliphatic heterocycles. The summed E-state index contributed by atoms with van der Waals surface area (Å²) in [7, 11) is 0. The number of amides is 1. The predicted molar refractivity (Wildman–Crippen MR) is 149 cm³/mol. The van der Waals surface area contributed by atoms with Crippen molar-refractivity contribution in [3.63, 3.8) is 0 Å². The van der Waals surface area contributed by atoms with Crippen LogP contribution in [0.1, 0.15) is 81.1 Å². The Kier molecular flexibility index (Phi) is 8.48. The van der Waals surface area contributed by atoms with Gasteiger partial charge in [0.2, 0.25) is 0 Å². The number of carbonyl (C=O) groups is 3. The van der Waals surface area contributed by atoms with Crippen LogP contribution in [0.4, 0.5) is 5.69 Å². The van der Waals surface area contributed by atoms with Gasteiger partial charge in [0, 0.05) is 35.8 Å². The highest BCUT2D eigenvalue weighted by molar-refractivity contribution is 6.40. The van der Waals surface area contributed by atoms with E-state index in [9.17, 15) is 19.5 Å². The molecule has 7 nitrogen and oxygen atoms in total. The SMILES string of the molecule is CCCC1=C(N[C@@](CC)(Cc2ccc(NC(=O)c3c(Cl)cncc3Cl)cc2)C(=O)O)C2(CCCCC2)C1=O. The number of rotatable bonds is 10. The summed E-state index contributed by atoms with van der Waals surface area (Å²) in [5.41, 5.74) is 1.25. The minimum absolute atomic E-state index is 0.135. The van der Waals surface area contributed by atoms with Crippen LogP contribution in [0.15, 0.2) is 47.9 Å². The summed E-state index contributed by atoms with van der Waals surface area (Å²) in [5, 5.41) is 16.9. The number of Topliss-reactive ketones (excluding diaryl/α,β-unsaturated/α-hetero) is 1. The molecule has 1 aromatic heterocycles. The largest absolute Gasteiger partial charge is 0.479 e. The van der Waals surface area contributed by atoms with Crippen molar-refractivity contribution in [3.8, 4) is 0 Å². The molecule has 1 atom stereocenters. The van der Waals surface area contributed by atoms with Crippen molar-refractivity contribution >= 4 is 46.5 Å². The third-order valence-electron chi connectivity index (χ3n) is 7.87. The van der Waals surface area contributed by atoms with Crippen molar-refractivity contribution in [2.75, 3.05) is 5.32 Å². The van der Waals surface area contributed by atoms with Crippen LogP contribution < -0.4 is 10.6 Å². The zero-order valence-electron chi connectivity index (χ0n) is 21.7. The van der Waals surface area contributed by atoms with E-state index < -0.39 is 22.8 Å². The molecule has 0 unspecified atom stereocenters. The van der Waals surface area contributed by atoms with Gasteiger partial charge in [-0.3, -0.25) is 14.6 Å². The Balaban J connectivity index is 1.56. The zero-order valence-corrected chi connectivity index (χ0v) is 23.2. The van der Waals surface area contributed by atoms with Crippen molar-refractivity contribution in [2.45, 2.75) is 77.2 Å². The van der Waals surface area contributed by atoms with Crippen molar-refractivity contribution in [2.24, 2.45) is 5.41 Å². The van der Waals surface area contributed by atoms with Crippen LogP contribution in [-0.4, -0.2) is 33.3 Å². The molecular formula is C29H33Cl2N3O4. The van der Waals surface area contributed by atoms with E-state index in [0.717, 1.165) is 55.4 Å². The van der Waals surface area contributed by atoms with Crippen LogP contribution in [0.25, 0.3) is 0 Å². The normalized spacial score (nSPS) is 18.1. The van der Waals surface area contributed by atoms with Gasteiger partial charge in [-0.1, -0.05) is 74.9 Å². The highest BCUT2D eigenvalue weighted by atomic mass is 35.5. The van der Waals surface area contributed by atoms with Crippen LogP contribution >= 0.6 is 23.2 Å². The van der Waals surface area contributed by atoms with Gasteiger partial charge < -0.3 is 15.7 Å². The maximum absolute atomic E-state index is 13.2. The molecule has 3 N–H and O–H groups in total. The molecule has 1 heterocycles. The number of hydrogen-bond acceptors (Lipinski definition) is 5. The first kappa shape index (κ1) is 28.1. The molecule has 4 rings (SSSR count). The van der Waals surface area contributed by atoms with Crippen molar-refractivity contribution in [1.82, 2.24) is 10.3 Å². The highest BCUT2D eigenvalue weighted by Crippen LogP contribution is 2.53. The summed E-state index contributed by atoms with van der Waals surface area (Å²) in [6.07, 6.45) is 9.37. The number of halogens is 2. The van der Waals surface area contributed by atoms with Crippen LogP contribution in [0.3, 0.4) is 0 Å². The number of benzene rings is 1. The topological polar surface area (TPSA) is 108 Å². The van der Waals surface area contributed by atoms with E-state index in [1.165, 1.54) is 12.4 Å². The molecular weight excluding hydrogens is 525 g/mol. The summed E-state index contributed by atoms with van der Waals surface area (Å²) in [6, 6.07) is 7.03. The van der Waals surface area contributed by atoms with Crippen LogP contribution in [0.2, 0.25) is 10.0 Å². The molecule has 2 aliphatic carbocycles. The number of pyridine rings is 1. The first-order valence-corrected chi connectivity index (χ1v) is 13.9. The number of anilines is 1. The number of aliphatic carboxylic acids is 1. The summed E-state index contributed by atoms with van der Waals surface area (Å²) in [6.45, 7) is 3.89. The average molecular weight is 559 g/mol. The Labute approximate surface area is 233 Å². The lowest BCUT2D eigenvalue weighted by atomic mass is 9.57. The van der Waals surface area contributed by atoms with E-state index in [1.807, 2.05) is 13.8 Å². The quantitative estimate of drug-likeness (QED) is 0.304. The fourth-order valence-electron chi connectivity index (χ4n) is 5.71. The van der Waals surface area contributed by atoms with Gasteiger partial charge in [0.1, 0.15) is 5.54 Å². The van der Waals surface area contributed by atoms with E-state index in [-0.39, 0.29) is 27.8 Å². The number of carboxylic acids is 1. The molecule has 9 heteroatoms. The van der Waals surface area contributed by atoms with Crippen molar-refractivity contribution in [1.29, 1.82) is 0 Å². The number of allylic oxidation sites excluding steroid dienone is 2. The molecule has 1 amide bonds. The van der Waals surface area contributed by atoms with Crippen LogP contribution in [0.5, 0.6) is 0 Å². The van der Waals surface area contributed by atoms with Crippen LogP contribution in [0, 0.1) is 5.41 Å². The molecule has 2 aromatic rings. The van der Waals surface area contributed by atoms with Crippen molar-refractivity contribution < 1.29 is 19.5 Å². The second kappa shape index (κ2) is 11.5. The Bertz CT molecular complexity index is 1250. The third-order valence-corrected chi connectivity index (χ3v) is 8.44.